The van der Waals surface area contributed by atoms with Gasteiger partial charge in [0.05, 0.1) is 12.8 Å². The van der Waals surface area contributed by atoms with Crippen LogP contribution >= 0.6 is 0 Å². The van der Waals surface area contributed by atoms with Crippen molar-refractivity contribution >= 4 is 11.8 Å². The van der Waals surface area contributed by atoms with Gasteiger partial charge in [-0.15, -0.1) is 0 Å². The highest BCUT2D eigenvalue weighted by Gasteiger charge is 2.15. The summed E-state index contributed by atoms with van der Waals surface area (Å²) >= 11 is 0. The van der Waals surface area contributed by atoms with E-state index in [0.717, 1.165) is 22.6 Å². The van der Waals surface area contributed by atoms with E-state index >= 15 is 0 Å². The Morgan fingerprint density at radius 1 is 1.08 bits per heavy atom. The number of aromatic nitrogens is 2. The van der Waals surface area contributed by atoms with E-state index in [0.29, 0.717) is 12.4 Å². The van der Waals surface area contributed by atoms with Crippen LogP contribution in [-0.2, 0) is 0 Å². The molecule has 0 bridgehead atoms. The quantitative estimate of drug-likeness (QED) is 0.848. The summed E-state index contributed by atoms with van der Waals surface area (Å²) < 4.78 is 11.6. The van der Waals surface area contributed by atoms with Crippen molar-refractivity contribution in [2.75, 3.05) is 18.1 Å². The predicted molar refractivity (Wildman–Crippen MR) is 98.7 cm³/mol. The van der Waals surface area contributed by atoms with Crippen LogP contribution in [0.15, 0.2) is 18.3 Å². The standard InChI is InChI=1S/C16H22N4O2.C2H6/c1-5-21-12-7-11(9(2)3)13(6-10(12)4)22-14-8-19-16(18)20-15(14)17;1-2/h6-9H,5H2,1-4H3,(H4,17,18,19,20);1-2H3. The molecule has 0 saturated carbocycles. The average Bonchev–Trinajstić information content (AvgIpc) is 2.54. The highest BCUT2D eigenvalue weighted by atomic mass is 16.5. The van der Waals surface area contributed by atoms with Crippen molar-refractivity contribution in [2.24, 2.45) is 0 Å². The minimum absolute atomic E-state index is 0.122. The molecule has 132 valence electrons. The van der Waals surface area contributed by atoms with Gasteiger partial charge in [-0.25, -0.2) is 4.98 Å². The minimum atomic E-state index is 0.122. The molecule has 0 aliphatic carbocycles. The largest absolute Gasteiger partial charge is 0.494 e. The zero-order valence-electron chi connectivity index (χ0n) is 15.4. The average molecular weight is 332 g/mol. The number of nitrogen functional groups attached to an aromatic ring is 2. The summed E-state index contributed by atoms with van der Waals surface area (Å²) in [6.45, 7) is 12.7. The summed E-state index contributed by atoms with van der Waals surface area (Å²) in [7, 11) is 0. The van der Waals surface area contributed by atoms with E-state index in [1.165, 1.54) is 6.20 Å². The maximum atomic E-state index is 5.91. The van der Waals surface area contributed by atoms with E-state index in [-0.39, 0.29) is 17.7 Å². The van der Waals surface area contributed by atoms with Gasteiger partial charge in [-0.1, -0.05) is 27.7 Å². The molecule has 1 aromatic heterocycles. The lowest BCUT2D eigenvalue weighted by Gasteiger charge is -2.18. The third kappa shape index (κ3) is 4.75. The lowest BCUT2D eigenvalue weighted by atomic mass is 10.00. The molecular formula is C18H28N4O2. The van der Waals surface area contributed by atoms with Crippen molar-refractivity contribution in [1.82, 2.24) is 9.97 Å². The number of nitrogens with zero attached hydrogens (tertiary/aromatic N) is 2. The molecule has 4 N–H and O–H groups in total. The molecule has 24 heavy (non-hydrogen) atoms. The van der Waals surface area contributed by atoms with Gasteiger partial charge < -0.3 is 20.9 Å². The third-order valence-electron chi connectivity index (χ3n) is 3.25. The van der Waals surface area contributed by atoms with Crippen LogP contribution in [0.3, 0.4) is 0 Å². The predicted octanol–water partition coefficient (Wildman–Crippen LogP) is 4.29. The van der Waals surface area contributed by atoms with Crippen LogP contribution in [0.5, 0.6) is 17.2 Å². The zero-order valence-corrected chi connectivity index (χ0v) is 15.4. The Morgan fingerprint density at radius 2 is 1.75 bits per heavy atom. The number of benzene rings is 1. The van der Waals surface area contributed by atoms with Crippen LogP contribution in [0, 0.1) is 6.92 Å². The maximum absolute atomic E-state index is 5.91. The molecule has 1 aromatic carbocycles. The Hall–Kier alpha value is -2.50. The van der Waals surface area contributed by atoms with Gasteiger partial charge in [0.2, 0.25) is 5.95 Å². The molecular weight excluding hydrogens is 304 g/mol. The van der Waals surface area contributed by atoms with Gasteiger partial charge in [0, 0.05) is 5.56 Å². The number of hydrogen-bond donors (Lipinski definition) is 2. The van der Waals surface area contributed by atoms with Crippen molar-refractivity contribution in [3.8, 4) is 17.2 Å². The van der Waals surface area contributed by atoms with Crippen LogP contribution in [0.2, 0.25) is 0 Å². The second-order valence-electron chi connectivity index (χ2n) is 5.32. The van der Waals surface area contributed by atoms with Gasteiger partial charge in [-0.3, -0.25) is 0 Å². The van der Waals surface area contributed by atoms with Crippen molar-refractivity contribution in [3.63, 3.8) is 0 Å². The van der Waals surface area contributed by atoms with Crippen LogP contribution in [0.4, 0.5) is 11.8 Å². The van der Waals surface area contributed by atoms with Gasteiger partial charge in [0.1, 0.15) is 11.5 Å². The second-order valence-corrected chi connectivity index (χ2v) is 5.32. The normalized spacial score (nSPS) is 10.1. The molecule has 6 heteroatoms. The first-order valence-electron chi connectivity index (χ1n) is 8.25. The monoisotopic (exact) mass is 332 g/mol. The summed E-state index contributed by atoms with van der Waals surface area (Å²) in [6, 6.07) is 3.95. The summed E-state index contributed by atoms with van der Waals surface area (Å²) in [5.41, 5.74) is 13.4. The van der Waals surface area contributed by atoms with E-state index in [2.05, 4.69) is 23.8 Å². The van der Waals surface area contributed by atoms with Crippen LogP contribution in [0.1, 0.15) is 51.7 Å². The Balaban J connectivity index is 0.00000139. The first-order valence-corrected chi connectivity index (χ1v) is 8.25. The Labute approximate surface area is 144 Å². The third-order valence-corrected chi connectivity index (χ3v) is 3.25. The number of ether oxygens (including phenoxy) is 2. The van der Waals surface area contributed by atoms with Crippen molar-refractivity contribution < 1.29 is 9.47 Å². The topological polar surface area (TPSA) is 96.3 Å². The van der Waals surface area contributed by atoms with E-state index < -0.39 is 0 Å². The van der Waals surface area contributed by atoms with E-state index in [1.807, 2.05) is 39.8 Å². The van der Waals surface area contributed by atoms with Crippen molar-refractivity contribution in [3.05, 3.63) is 29.5 Å². The summed E-state index contributed by atoms with van der Waals surface area (Å²) in [5, 5.41) is 0. The first-order chi connectivity index (χ1) is 11.4. The molecule has 0 unspecified atom stereocenters. The minimum Gasteiger partial charge on any atom is -0.494 e. The fourth-order valence-corrected chi connectivity index (χ4v) is 2.12. The number of aryl methyl sites for hydroxylation is 1. The number of anilines is 2. The molecule has 2 rings (SSSR count). The molecule has 0 amide bonds. The zero-order chi connectivity index (χ0) is 18.3. The van der Waals surface area contributed by atoms with Gasteiger partial charge in [0.15, 0.2) is 11.6 Å². The lowest BCUT2D eigenvalue weighted by Crippen LogP contribution is -2.03. The van der Waals surface area contributed by atoms with E-state index in [9.17, 15) is 0 Å². The van der Waals surface area contributed by atoms with E-state index in [4.69, 9.17) is 20.9 Å². The molecule has 6 nitrogen and oxygen atoms in total. The summed E-state index contributed by atoms with van der Waals surface area (Å²) in [4.78, 5) is 7.83. The van der Waals surface area contributed by atoms with Gasteiger partial charge in [-0.05, 0) is 37.5 Å². The fraction of sp³-hybridized carbons (Fsp3) is 0.444. The molecule has 0 radical (unpaired) electrons. The van der Waals surface area contributed by atoms with Crippen molar-refractivity contribution in [2.45, 2.75) is 47.5 Å². The molecule has 0 fully saturated rings. The molecule has 0 aliphatic rings. The van der Waals surface area contributed by atoms with Crippen LogP contribution in [-0.4, -0.2) is 16.6 Å². The summed E-state index contributed by atoms with van der Waals surface area (Å²) in [6.07, 6.45) is 1.48. The molecule has 2 aromatic rings. The second kappa shape index (κ2) is 8.96. The van der Waals surface area contributed by atoms with Crippen LogP contribution < -0.4 is 20.9 Å². The summed E-state index contributed by atoms with van der Waals surface area (Å²) in [5.74, 6) is 2.58. The Kier molecular flexibility index (Phi) is 7.30. The van der Waals surface area contributed by atoms with E-state index in [1.54, 1.807) is 0 Å². The Morgan fingerprint density at radius 3 is 2.29 bits per heavy atom. The first kappa shape index (κ1) is 19.5. The molecule has 0 atom stereocenters. The van der Waals surface area contributed by atoms with Gasteiger partial charge >= 0.3 is 0 Å². The number of rotatable bonds is 5. The van der Waals surface area contributed by atoms with Crippen molar-refractivity contribution in [1.29, 1.82) is 0 Å². The highest BCUT2D eigenvalue weighted by Crippen LogP contribution is 2.37. The lowest BCUT2D eigenvalue weighted by molar-refractivity contribution is 0.336. The molecule has 0 spiro atoms. The Bertz CT molecular complexity index is 672. The smallest absolute Gasteiger partial charge is 0.222 e. The van der Waals surface area contributed by atoms with Gasteiger partial charge in [-0.2, -0.15) is 4.98 Å². The molecule has 0 aliphatic heterocycles. The fourth-order valence-electron chi connectivity index (χ4n) is 2.12. The van der Waals surface area contributed by atoms with Gasteiger partial charge in [0.25, 0.3) is 0 Å². The number of hydrogen-bond acceptors (Lipinski definition) is 6. The molecule has 0 saturated heterocycles. The van der Waals surface area contributed by atoms with Crippen LogP contribution in [0.25, 0.3) is 0 Å². The SMILES string of the molecule is CC.CCOc1cc(C(C)C)c(Oc2cnc(N)nc2N)cc1C. The number of nitrogens with two attached hydrogens (primary N) is 2. The highest BCUT2D eigenvalue weighted by molar-refractivity contribution is 5.53. The molecule has 1 heterocycles. The maximum Gasteiger partial charge on any atom is 0.222 e.